The maximum absolute atomic E-state index is 11.2. The minimum absolute atomic E-state index is 0.0516. The third-order valence-corrected chi connectivity index (χ3v) is 5.64. The summed E-state index contributed by atoms with van der Waals surface area (Å²) in [5.74, 6) is -0.348. The molecule has 1 saturated heterocycles. The van der Waals surface area contributed by atoms with Crippen LogP contribution in [0.15, 0.2) is 0 Å². The first-order chi connectivity index (χ1) is 5.87. The van der Waals surface area contributed by atoms with Gasteiger partial charge in [0.15, 0.2) is 9.84 Å². The van der Waals surface area contributed by atoms with Crippen molar-refractivity contribution < 1.29 is 21.0 Å². The van der Waals surface area contributed by atoms with Crippen molar-refractivity contribution >= 4 is 20.0 Å². The largest absolute Gasteiger partial charge is 0.271 e. The fourth-order valence-corrected chi connectivity index (χ4v) is 5.16. The van der Waals surface area contributed by atoms with Crippen LogP contribution < -0.4 is 0 Å². The highest BCUT2D eigenvalue weighted by Crippen LogP contribution is 2.19. The number of hydrogen-bond donors (Lipinski definition) is 0. The average molecular weight is 228 g/mol. The molecule has 0 bridgehead atoms. The van der Waals surface area contributed by atoms with Crippen LogP contribution in [0.2, 0.25) is 0 Å². The summed E-state index contributed by atoms with van der Waals surface area (Å²) >= 11 is 0. The molecule has 0 N–H and O–H groups in total. The van der Waals surface area contributed by atoms with Crippen LogP contribution >= 0.6 is 0 Å². The molecule has 1 unspecified atom stereocenters. The van der Waals surface area contributed by atoms with E-state index >= 15 is 0 Å². The lowest BCUT2D eigenvalue weighted by atomic mass is 10.4. The summed E-state index contributed by atoms with van der Waals surface area (Å²) in [4.78, 5) is 0. The fourth-order valence-electron chi connectivity index (χ4n) is 1.25. The Labute approximate surface area is 78.1 Å². The zero-order chi connectivity index (χ0) is 10.1. The van der Waals surface area contributed by atoms with Crippen LogP contribution in [-0.2, 0) is 24.1 Å². The van der Waals surface area contributed by atoms with E-state index < -0.39 is 25.2 Å². The smallest absolute Gasteiger partial charge is 0.270 e. The van der Waals surface area contributed by atoms with Crippen molar-refractivity contribution in [3.05, 3.63) is 0 Å². The molecule has 0 aromatic rings. The molecule has 0 amide bonds. The van der Waals surface area contributed by atoms with Crippen LogP contribution in [0.4, 0.5) is 0 Å². The van der Waals surface area contributed by atoms with Crippen molar-refractivity contribution in [2.24, 2.45) is 0 Å². The maximum atomic E-state index is 11.2. The van der Waals surface area contributed by atoms with E-state index in [1.807, 2.05) is 0 Å². The molecule has 1 aliphatic heterocycles. The zero-order valence-corrected chi connectivity index (χ0v) is 8.90. The molecular formula is C6H12O5S2. The Morgan fingerprint density at radius 3 is 2.46 bits per heavy atom. The van der Waals surface area contributed by atoms with Gasteiger partial charge in [-0.1, -0.05) is 0 Å². The molecule has 78 valence electrons. The molecule has 0 aromatic heterocycles. The van der Waals surface area contributed by atoms with E-state index in [1.54, 1.807) is 6.92 Å². The van der Waals surface area contributed by atoms with Crippen molar-refractivity contribution in [2.45, 2.75) is 18.6 Å². The average Bonchev–Trinajstić information content (AvgIpc) is 2.30. The van der Waals surface area contributed by atoms with Gasteiger partial charge in [0.05, 0.1) is 18.1 Å². The van der Waals surface area contributed by atoms with Crippen LogP contribution in [0.3, 0.4) is 0 Å². The van der Waals surface area contributed by atoms with Gasteiger partial charge in [0, 0.05) is 0 Å². The van der Waals surface area contributed by atoms with Crippen LogP contribution in [0.25, 0.3) is 0 Å². The van der Waals surface area contributed by atoms with Crippen LogP contribution in [-0.4, -0.2) is 40.2 Å². The van der Waals surface area contributed by atoms with Crippen LogP contribution in [0, 0.1) is 0 Å². The monoisotopic (exact) mass is 228 g/mol. The van der Waals surface area contributed by atoms with Gasteiger partial charge >= 0.3 is 0 Å². The van der Waals surface area contributed by atoms with Gasteiger partial charge in [0.2, 0.25) is 0 Å². The summed E-state index contributed by atoms with van der Waals surface area (Å²) in [6.45, 7) is 1.61. The second-order valence-corrected chi connectivity index (χ2v) is 7.04. The van der Waals surface area contributed by atoms with Gasteiger partial charge in [-0.25, -0.2) is 8.42 Å². The second-order valence-electron chi connectivity index (χ2n) is 2.92. The molecule has 1 rings (SSSR count). The summed E-state index contributed by atoms with van der Waals surface area (Å²) in [5.41, 5.74) is 0. The van der Waals surface area contributed by atoms with E-state index in [0.717, 1.165) is 0 Å². The highest BCUT2D eigenvalue weighted by Gasteiger charge is 2.37. The Balaban J connectivity index is 2.77. The SMILES string of the molecule is CCOS(=O)(=O)C1CCS(=O)(=O)C1. The first-order valence-corrected chi connectivity index (χ1v) is 7.25. The van der Waals surface area contributed by atoms with Gasteiger partial charge in [0.25, 0.3) is 10.1 Å². The Morgan fingerprint density at radius 2 is 2.08 bits per heavy atom. The van der Waals surface area contributed by atoms with Crippen LogP contribution in [0.1, 0.15) is 13.3 Å². The predicted molar refractivity (Wildman–Crippen MR) is 47.6 cm³/mol. The van der Waals surface area contributed by atoms with Gasteiger partial charge in [0.1, 0.15) is 5.25 Å². The predicted octanol–water partition coefficient (Wildman–Crippen LogP) is -0.460. The molecule has 0 saturated carbocycles. The van der Waals surface area contributed by atoms with Gasteiger partial charge in [-0.3, -0.25) is 4.18 Å². The summed E-state index contributed by atoms with van der Waals surface area (Å²) in [6.07, 6.45) is 0.157. The molecule has 1 atom stereocenters. The highest BCUT2D eigenvalue weighted by atomic mass is 32.2. The minimum atomic E-state index is -3.66. The molecule has 1 aliphatic rings. The number of hydrogen-bond acceptors (Lipinski definition) is 5. The topological polar surface area (TPSA) is 77.5 Å². The summed E-state index contributed by atoms with van der Waals surface area (Å²) < 4.78 is 48.9. The van der Waals surface area contributed by atoms with Gasteiger partial charge in [-0.15, -0.1) is 0 Å². The van der Waals surface area contributed by atoms with Crippen molar-refractivity contribution in [1.82, 2.24) is 0 Å². The number of rotatable bonds is 3. The maximum Gasteiger partial charge on any atom is 0.271 e. The van der Waals surface area contributed by atoms with Gasteiger partial charge in [-0.05, 0) is 13.3 Å². The quantitative estimate of drug-likeness (QED) is 0.611. The molecule has 1 fully saturated rings. The Bertz CT molecular complexity index is 366. The lowest BCUT2D eigenvalue weighted by Gasteiger charge is -2.07. The van der Waals surface area contributed by atoms with E-state index in [1.165, 1.54) is 0 Å². The lowest BCUT2D eigenvalue weighted by Crippen LogP contribution is -2.24. The van der Waals surface area contributed by atoms with Gasteiger partial charge < -0.3 is 0 Å². The molecule has 0 radical (unpaired) electrons. The lowest BCUT2D eigenvalue weighted by molar-refractivity contribution is 0.332. The molecule has 0 aliphatic carbocycles. The standard InChI is InChI=1S/C6H12O5S2/c1-2-11-13(9,10)6-3-4-12(7,8)5-6/h6H,2-5H2,1H3. The minimum Gasteiger partial charge on any atom is -0.270 e. The van der Waals surface area contributed by atoms with Gasteiger partial charge in [-0.2, -0.15) is 8.42 Å². The normalized spacial score (nSPS) is 27.6. The summed E-state index contributed by atoms with van der Waals surface area (Å²) in [5, 5.41) is -0.863. The Kier molecular flexibility index (Phi) is 2.98. The molecule has 13 heavy (non-hydrogen) atoms. The van der Waals surface area contributed by atoms with E-state index in [0.29, 0.717) is 0 Å². The van der Waals surface area contributed by atoms with Crippen molar-refractivity contribution in [1.29, 1.82) is 0 Å². The zero-order valence-electron chi connectivity index (χ0n) is 7.26. The highest BCUT2D eigenvalue weighted by molar-refractivity contribution is 7.94. The molecule has 7 heteroatoms. The first-order valence-electron chi connectivity index (χ1n) is 3.96. The second kappa shape index (κ2) is 3.55. The van der Waals surface area contributed by atoms with Crippen LogP contribution in [0.5, 0.6) is 0 Å². The van der Waals surface area contributed by atoms with Crippen molar-refractivity contribution in [2.75, 3.05) is 18.1 Å². The number of sulfone groups is 1. The Morgan fingerprint density at radius 1 is 1.46 bits per heavy atom. The fraction of sp³-hybridized carbons (Fsp3) is 1.00. The first kappa shape index (κ1) is 10.9. The molecule has 1 heterocycles. The molecular weight excluding hydrogens is 216 g/mol. The van der Waals surface area contributed by atoms with E-state index in [9.17, 15) is 16.8 Å². The van der Waals surface area contributed by atoms with E-state index in [4.69, 9.17) is 0 Å². The van der Waals surface area contributed by atoms with E-state index in [-0.39, 0.29) is 24.5 Å². The summed E-state index contributed by atoms with van der Waals surface area (Å²) in [7, 11) is -6.82. The molecule has 0 spiro atoms. The summed E-state index contributed by atoms with van der Waals surface area (Å²) in [6, 6.07) is 0. The van der Waals surface area contributed by atoms with Crippen molar-refractivity contribution in [3.63, 3.8) is 0 Å². The van der Waals surface area contributed by atoms with Crippen molar-refractivity contribution in [3.8, 4) is 0 Å². The molecule has 5 nitrogen and oxygen atoms in total. The Hall–Kier alpha value is -0.140. The molecule has 0 aromatic carbocycles. The van der Waals surface area contributed by atoms with E-state index in [2.05, 4.69) is 4.18 Å². The third-order valence-electron chi connectivity index (χ3n) is 1.88. The third kappa shape index (κ3) is 2.65.